The number of nitrogens with zero attached hydrogens (tertiary/aromatic N) is 4. The zero-order valence-corrected chi connectivity index (χ0v) is 14.6. The lowest BCUT2D eigenvalue weighted by molar-refractivity contribution is -0.134. The molecule has 1 aromatic carbocycles. The Labute approximate surface area is 147 Å². The zero-order valence-electron chi connectivity index (χ0n) is 14.6. The number of carbonyl (C=O) groups excluding carboxylic acids is 1. The second-order valence-corrected chi connectivity index (χ2v) is 7.16. The van der Waals surface area contributed by atoms with Crippen molar-refractivity contribution in [3.05, 3.63) is 51.7 Å². The molecule has 2 aromatic rings. The molecule has 6 heteroatoms. The topological polar surface area (TPSA) is 60.1 Å². The van der Waals surface area contributed by atoms with Crippen LogP contribution in [-0.2, 0) is 17.8 Å². The number of benzene rings is 1. The van der Waals surface area contributed by atoms with Gasteiger partial charge in [0.15, 0.2) is 0 Å². The van der Waals surface area contributed by atoms with Gasteiger partial charge in [0.1, 0.15) is 11.9 Å². The third kappa shape index (κ3) is 3.01. The second kappa shape index (κ2) is 6.50. The molecular weight excluding hydrogens is 316 g/mol. The predicted molar refractivity (Wildman–Crippen MR) is 94.6 cm³/mol. The van der Waals surface area contributed by atoms with Gasteiger partial charge < -0.3 is 4.90 Å². The van der Waals surface area contributed by atoms with E-state index < -0.39 is 0 Å². The van der Waals surface area contributed by atoms with Crippen LogP contribution in [-0.4, -0.2) is 38.2 Å². The largest absolute Gasteiger partial charge is 0.346 e. The third-order valence-electron chi connectivity index (χ3n) is 5.25. The minimum atomic E-state index is -0.374. The van der Waals surface area contributed by atoms with E-state index in [4.69, 9.17) is 0 Å². The second-order valence-electron chi connectivity index (χ2n) is 7.16. The van der Waals surface area contributed by atoms with E-state index in [9.17, 15) is 9.59 Å². The van der Waals surface area contributed by atoms with Crippen molar-refractivity contribution in [2.24, 2.45) is 0 Å². The van der Waals surface area contributed by atoms with E-state index in [1.807, 2.05) is 30.0 Å². The minimum absolute atomic E-state index is 0.0932. The van der Waals surface area contributed by atoms with Gasteiger partial charge in [-0.05, 0) is 38.2 Å². The highest BCUT2D eigenvalue weighted by atomic mass is 16.2. The highest BCUT2D eigenvalue weighted by Gasteiger charge is 2.34. The van der Waals surface area contributed by atoms with Gasteiger partial charge in [0.05, 0.1) is 6.54 Å². The summed E-state index contributed by atoms with van der Waals surface area (Å²) in [6, 6.07) is 7.73. The first-order chi connectivity index (χ1) is 12.1. The third-order valence-corrected chi connectivity index (χ3v) is 5.25. The van der Waals surface area contributed by atoms with Crippen LogP contribution in [0.15, 0.2) is 29.1 Å². The number of carbonyl (C=O) groups is 1. The Morgan fingerprint density at radius 1 is 1.24 bits per heavy atom. The van der Waals surface area contributed by atoms with Gasteiger partial charge in [0.25, 0.3) is 0 Å². The molecule has 2 aliphatic heterocycles. The van der Waals surface area contributed by atoms with Gasteiger partial charge in [0, 0.05) is 19.5 Å². The number of hydrogen-bond acceptors (Lipinski definition) is 3. The van der Waals surface area contributed by atoms with Crippen LogP contribution in [0.3, 0.4) is 0 Å². The SMILES string of the molecule is Cc1cccc(Cn2nc3n(c2=O)C(C(=O)N2CCCC2)CCC3)c1. The standard InChI is InChI=1S/C19H24N4O2/c1-14-6-4-7-15(12-14)13-22-19(25)23-16(8-5-9-17(23)20-22)18(24)21-10-2-3-11-21/h4,6-7,12,16H,2-3,5,8-11,13H2,1H3. The lowest BCUT2D eigenvalue weighted by Crippen LogP contribution is -2.41. The fraction of sp³-hybridized carbons (Fsp3) is 0.526. The molecule has 25 heavy (non-hydrogen) atoms. The Kier molecular flexibility index (Phi) is 4.19. The Morgan fingerprint density at radius 2 is 2.04 bits per heavy atom. The Morgan fingerprint density at radius 3 is 2.80 bits per heavy atom. The molecule has 0 radical (unpaired) electrons. The minimum Gasteiger partial charge on any atom is -0.341 e. The van der Waals surface area contributed by atoms with Crippen LogP contribution in [0.2, 0.25) is 0 Å². The van der Waals surface area contributed by atoms with Gasteiger partial charge >= 0.3 is 5.69 Å². The first kappa shape index (κ1) is 16.1. The number of fused-ring (bicyclic) bond motifs is 1. The first-order valence-corrected chi connectivity index (χ1v) is 9.16. The maximum atomic E-state index is 12.9. The Bertz CT molecular complexity index is 845. The predicted octanol–water partition coefficient (Wildman–Crippen LogP) is 1.90. The van der Waals surface area contributed by atoms with Crippen LogP contribution in [0.25, 0.3) is 0 Å². The molecule has 6 nitrogen and oxygen atoms in total. The van der Waals surface area contributed by atoms with Crippen molar-refractivity contribution in [2.75, 3.05) is 13.1 Å². The molecule has 1 saturated heterocycles. The van der Waals surface area contributed by atoms with E-state index in [0.717, 1.165) is 62.1 Å². The summed E-state index contributed by atoms with van der Waals surface area (Å²) >= 11 is 0. The number of amides is 1. The molecule has 0 spiro atoms. The van der Waals surface area contributed by atoms with Crippen molar-refractivity contribution in [1.29, 1.82) is 0 Å². The Hall–Kier alpha value is -2.37. The van der Waals surface area contributed by atoms with Crippen LogP contribution in [0.5, 0.6) is 0 Å². The van der Waals surface area contributed by atoms with Crippen molar-refractivity contribution in [3.8, 4) is 0 Å². The molecule has 0 bridgehead atoms. The summed E-state index contributed by atoms with van der Waals surface area (Å²) in [5, 5.41) is 4.53. The maximum absolute atomic E-state index is 12.9. The molecule has 2 aliphatic rings. The van der Waals surface area contributed by atoms with Crippen molar-refractivity contribution in [3.63, 3.8) is 0 Å². The number of rotatable bonds is 3. The highest BCUT2D eigenvalue weighted by molar-refractivity contribution is 5.80. The van der Waals surface area contributed by atoms with Crippen LogP contribution in [0, 0.1) is 6.92 Å². The normalized spacial score (nSPS) is 19.9. The van der Waals surface area contributed by atoms with E-state index in [-0.39, 0.29) is 17.6 Å². The molecule has 1 fully saturated rings. The van der Waals surface area contributed by atoms with Gasteiger partial charge in [-0.15, -0.1) is 0 Å². The van der Waals surface area contributed by atoms with Gasteiger partial charge in [-0.2, -0.15) is 5.10 Å². The highest BCUT2D eigenvalue weighted by Crippen LogP contribution is 2.25. The molecule has 4 rings (SSSR count). The van der Waals surface area contributed by atoms with Crippen molar-refractivity contribution < 1.29 is 4.79 Å². The van der Waals surface area contributed by atoms with Crippen LogP contribution < -0.4 is 5.69 Å². The van der Waals surface area contributed by atoms with Crippen LogP contribution in [0.1, 0.15) is 48.7 Å². The van der Waals surface area contributed by atoms with Crippen LogP contribution in [0.4, 0.5) is 0 Å². The van der Waals surface area contributed by atoms with E-state index in [2.05, 4.69) is 11.2 Å². The molecule has 0 aliphatic carbocycles. The van der Waals surface area contributed by atoms with Gasteiger partial charge in [-0.25, -0.2) is 9.48 Å². The molecule has 1 atom stereocenters. The van der Waals surface area contributed by atoms with Crippen LogP contribution >= 0.6 is 0 Å². The average Bonchev–Trinajstić information content (AvgIpc) is 3.24. The molecular formula is C19H24N4O2. The fourth-order valence-corrected chi connectivity index (χ4v) is 4.00. The smallest absolute Gasteiger partial charge is 0.341 e. The zero-order chi connectivity index (χ0) is 17.4. The first-order valence-electron chi connectivity index (χ1n) is 9.16. The molecule has 1 unspecified atom stereocenters. The molecule has 0 saturated carbocycles. The monoisotopic (exact) mass is 340 g/mol. The Balaban J connectivity index is 1.65. The summed E-state index contributed by atoms with van der Waals surface area (Å²) in [5.74, 6) is 0.845. The number of likely N-dealkylation sites (tertiary alicyclic amines) is 1. The average molecular weight is 340 g/mol. The van der Waals surface area contributed by atoms with Gasteiger partial charge in [-0.1, -0.05) is 29.8 Å². The summed E-state index contributed by atoms with van der Waals surface area (Å²) in [6.45, 7) is 4.12. The van der Waals surface area contributed by atoms with Crippen molar-refractivity contribution >= 4 is 5.91 Å². The molecule has 132 valence electrons. The fourth-order valence-electron chi connectivity index (χ4n) is 4.00. The lowest BCUT2D eigenvalue weighted by atomic mass is 10.0. The number of hydrogen-bond donors (Lipinski definition) is 0. The quantitative estimate of drug-likeness (QED) is 0.857. The molecule has 3 heterocycles. The summed E-state index contributed by atoms with van der Waals surface area (Å²) in [6.07, 6.45) is 4.53. The van der Waals surface area contributed by atoms with Crippen molar-refractivity contribution in [1.82, 2.24) is 19.2 Å². The summed E-state index contributed by atoms with van der Waals surface area (Å²) in [5.41, 5.74) is 2.06. The number of aromatic nitrogens is 3. The summed E-state index contributed by atoms with van der Waals surface area (Å²) < 4.78 is 3.17. The number of aryl methyl sites for hydroxylation is 2. The lowest BCUT2D eigenvalue weighted by Gasteiger charge is -2.27. The van der Waals surface area contributed by atoms with E-state index in [1.165, 1.54) is 4.68 Å². The van der Waals surface area contributed by atoms with E-state index >= 15 is 0 Å². The van der Waals surface area contributed by atoms with E-state index in [0.29, 0.717) is 6.54 Å². The maximum Gasteiger partial charge on any atom is 0.346 e. The van der Waals surface area contributed by atoms with Crippen molar-refractivity contribution in [2.45, 2.75) is 51.6 Å². The molecule has 1 amide bonds. The molecule has 0 N–H and O–H groups in total. The van der Waals surface area contributed by atoms with E-state index in [1.54, 1.807) is 4.57 Å². The summed E-state index contributed by atoms with van der Waals surface area (Å²) in [4.78, 5) is 27.7. The van der Waals surface area contributed by atoms with Gasteiger partial charge in [-0.3, -0.25) is 9.36 Å². The van der Waals surface area contributed by atoms with Gasteiger partial charge in [0.2, 0.25) is 5.91 Å². The summed E-state index contributed by atoms with van der Waals surface area (Å²) in [7, 11) is 0. The molecule has 1 aromatic heterocycles.